The van der Waals surface area contributed by atoms with Gasteiger partial charge in [0.15, 0.2) is 0 Å². The maximum atomic E-state index is 11.2. The predicted molar refractivity (Wildman–Crippen MR) is 53.2 cm³/mol. The molecule has 0 fully saturated rings. The van der Waals surface area contributed by atoms with Crippen molar-refractivity contribution in [3.63, 3.8) is 0 Å². The molecular weight excluding hydrogens is 148 g/mol. The van der Waals surface area contributed by atoms with Crippen LogP contribution < -0.4 is 0 Å². The Morgan fingerprint density at radius 1 is 1.17 bits per heavy atom. The second-order valence-corrected chi connectivity index (χ2v) is 3.45. The fourth-order valence-corrected chi connectivity index (χ4v) is 1.05. The van der Waals surface area contributed by atoms with Crippen LogP contribution in [0.1, 0.15) is 52.4 Å². The molecule has 70 valence electrons. The van der Waals surface area contributed by atoms with Crippen molar-refractivity contribution in [2.75, 3.05) is 0 Å². The van der Waals surface area contributed by atoms with E-state index in [1.165, 1.54) is 12.8 Å². The monoisotopic (exact) mass is 168 g/mol. The van der Waals surface area contributed by atoms with Gasteiger partial charge < -0.3 is 0 Å². The summed E-state index contributed by atoms with van der Waals surface area (Å²) < 4.78 is 0. The highest BCUT2D eigenvalue weighted by Crippen LogP contribution is 2.06. The van der Waals surface area contributed by atoms with Crippen molar-refractivity contribution in [2.24, 2.45) is 0 Å². The van der Waals surface area contributed by atoms with Gasteiger partial charge in [-0.1, -0.05) is 25.3 Å². The van der Waals surface area contributed by atoms with E-state index in [1.54, 1.807) is 0 Å². The fourth-order valence-electron chi connectivity index (χ4n) is 1.05. The average Bonchev–Trinajstić information content (AvgIpc) is 2.01. The summed E-state index contributed by atoms with van der Waals surface area (Å²) in [6, 6.07) is 0. The van der Waals surface area contributed by atoms with E-state index in [1.807, 2.05) is 6.92 Å². The molecule has 0 aliphatic carbocycles. The molecule has 0 bridgehead atoms. The first kappa shape index (κ1) is 11.4. The van der Waals surface area contributed by atoms with Crippen molar-refractivity contribution in [3.8, 4) is 0 Å². The van der Waals surface area contributed by atoms with Crippen molar-refractivity contribution in [2.45, 2.75) is 52.4 Å². The molecule has 0 atom stereocenters. The zero-order valence-corrected chi connectivity index (χ0v) is 8.36. The third-order valence-corrected chi connectivity index (χ3v) is 1.89. The van der Waals surface area contributed by atoms with Gasteiger partial charge in [-0.15, -0.1) is 6.58 Å². The molecule has 0 aromatic heterocycles. The molecule has 0 aromatic rings. The van der Waals surface area contributed by atoms with Crippen LogP contribution in [0.5, 0.6) is 0 Å². The van der Waals surface area contributed by atoms with Gasteiger partial charge >= 0.3 is 0 Å². The highest BCUT2D eigenvalue weighted by molar-refractivity contribution is 5.78. The predicted octanol–water partition coefficient (Wildman–Crippen LogP) is 3.49. The van der Waals surface area contributed by atoms with Crippen LogP contribution in [0.4, 0.5) is 0 Å². The number of allylic oxidation sites excluding steroid dienone is 1. The molecule has 0 heterocycles. The van der Waals surface area contributed by atoms with Crippen LogP contribution in [0.3, 0.4) is 0 Å². The van der Waals surface area contributed by atoms with E-state index in [4.69, 9.17) is 0 Å². The number of rotatable bonds is 7. The standard InChI is InChI=1S/C11H20O/c1-4-5-6-7-11(12)9-8-10(2)3/h2,4-9H2,1,3H3. The van der Waals surface area contributed by atoms with E-state index in [0.717, 1.165) is 24.8 Å². The molecule has 12 heavy (non-hydrogen) atoms. The Morgan fingerprint density at radius 3 is 2.33 bits per heavy atom. The molecule has 0 rings (SSSR count). The minimum Gasteiger partial charge on any atom is -0.300 e. The molecule has 1 nitrogen and oxygen atoms in total. The fraction of sp³-hybridized carbons (Fsp3) is 0.727. The van der Waals surface area contributed by atoms with Crippen LogP contribution in [0.15, 0.2) is 12.2 Å². The zero-order valence-electron chi connectivity index (χ0n) is 8.36. The number of hydrogen-bond acceptors (Lipinski definition) is 1. The number of unbranched alkanes of at least 4 members (excludes halogenated alkanes) is 2. The van der Waals surface area contributed by atoms with Crippen LogP contribution in [-0.4, -0.2) is 5.78 Å². The molecule has 0 unspecified atom stereocenters. The van der Waals surface area contributed by atoms with Gasteiger partial charge in [0.25, 0.3) is 0 Å². The lowest BCUT2D eigenvalue weighted by molar-refractivity contribution is -0.119. The lowest BCUT2D eigenvalue weighted by Gasteiger charge is -1.99. The van der Waals surface area contributed by atoms with Gasteiger partial charge in [0.1, 0.15) is 5.78 Å². The van der Waals surface area contributed by atoms with E-state index in [-0.39, 0.29) is 0 Å². The minimum absolute atomic E-state index is 0.395. The van der Waals surface area contributed by atoms with E-state index in [9.17, 15) is 4.79 Å². The highest BCUT2D eigenvalue weighted by atomic mass is 16.1. The maximum absolute atomic E-state index is 11.2. The van der Waals surface area contributed by atoms with Crippen LogP contribution in [0.2, 0.25) is 0 Å². The molecule has 1 heteroatoms. The SMILES string of the molecule is C=C(C)CCC(=O)CCCCC. The number of carbonyl (C=O) groups excluding carboxylic acids is 1. The molecule has 0 aromatic carbocycles. The molecule has 0 aliphatic rings. The summed E-state index contributed by atoms with van der Waals surface area (Å²) in [4.78, 5) is 11.2. The molecule has 0 amide bonds. The number of Topliss-reactive ketones (excluding diaryl/α,β-unsaturated/α-hetero) is 1. The summed E-state index contributed by atoms with van der Waals surface area (Å²) in [6.45, 7) is 7.89. The Morgan fingerprint density at radius 2 is 1.83 bits per heavy atom. The van der Waals surface area contributed by atoms with Crippen LogP contribution in [-0.2, 0) is 4.79 Å². The van der Waals surface area contributed by atoms with E-state index < -0.39 is 0 Å². The first-order valence-corrected chi connectivity index (χ1v) is 4.83. The summed E-state index contributed by atoms with van der Waals surface area (Å²) >= 11 is 0. The van der Waals surface area contributed by atoms with Crippen LogP contribution in [0.25, 0.3) is 0 Å². The number of ketones is 1. The first-order valence-electron chi connectivity index (χ1n) is 4.83. The molecule has 0 saturated carbocycles. The van der Waals surface area contributed by atoms with Gasteiger partial charge in [-0.3, -0.25) is 4.79 Å². The van der Waals surface area contributed by atoms with Crippen molar-refractivity contribution in [1.29, 1.82) is 0 Å². The number of carbonyl (C=O) groups is 1. The van der Waals surface area contributed by atoms with Crippen molar-refractivity contribution in [1.82, 2.24) is 0 Å². The third-order valence-electron chi connectivity index (χ3n) is 1.89. The van der Waals surface area contributed by atoms with Gasteiger partial charge in [0.2, 0.25) is 0 Å². The topological polar surface area (TPSA) is 17.1 Å². The van der Waals surface area contributed by atoms with Crippen molar-refractivity contribution >= 4 is 5.78 Å². The van der Waals surface area contributed by atoms with Gasteiger partial charge in [0.05, 0.1) is 0 Å². The third kappa shape index (κ3) is 7.52. The lowest BCUT2D eigenvalue weighted by Crippen LogP contribution is -1.97. The van der Waals surface area contributed by atoms with Crippen LogP contribution in [0, 0.1) is 0 Å². The summed E-state index contributed by atoms with van der Waals surface area (Å²) in [7, 11) is 0. The van der Waals surface area contributed by atoms with E-state index in [2.05, 4.69) is 13.5 Å². The summed E-state index contributed by atoms with van der Waals surface area (Å²) in [5.74, 6) is 0.395. The molecule has 0 spiro atoms. The highest BCUT2D eigenvalue weighted by Gasteiger charge is 2.00. The Labute approximate surface area is 75.9 Å². The summed E-state index contributed by atoms with van der Waals surface area (Å²) in [6.07, 6.45) is 5.75. The minimum atomic E-state index is 0.395. The van der Waals surface area contributed by atoms with Crippen molar-refractivity contribution in [3.05, 3.63) is 12.2 Å². The summed E-state index contributed by atoms with van der Waals surface area (Å²) in [5, 5.41) is 0. The Hall–Kier alpha value is -0.590. The molecule has 0 N–H and O–H groups in total. The Kier molecular flexibility index (Phi) is 6.73. The zero-order chi connectivity index (χ0) is 9.40. The molecule has 0 radical (unpaired) electrons. The largest absolute Gasteiger partial charge is 0.300 e. The second-order valence-electron chi connectivity index (χ2n) is 3.45. The first-order chi connectivity index (χ1) is 5.66. The van der Waals surface area contributed by atoms with Crippen LogP contribution >= 0.6 is 0 Å². The normalized spacial score (nSPS) is 9.83. The maximum Gasteiger partial charge on any atom is 0.133 e. The molecule has 0 aliphatic heterocycles. The van der Waals surface area contributed by atoms with Crippen molar-refractivity contribution < 1.29 is 4.79 Å². The molecule has 0 saturated heterocycles. The Balaban J connectivity index is 3.28. The summed E-state index contributed by atoms with van der Waals surface area (Å²) in [5.41, 5.74) is 1.11. The molecular formula is C11H20O. The van der Waals surface area contributed by atoms with Gasteiger partial charge in [-0.05, 0) is 19.8 Å². The van der Waals surface area contributed by atoms with Gasteiger partial charge in [-0.2, -0.15) is 0 Å². The van der Waals surface area contributed by atoms with Gasteiger partial charge in [-0.25, -0.2) is 0 Å². The lowest BCUT2D eigenvalue weighted by atomic mass is 10.1. The smallest absolute Gasteiger partial charge is 0.133 e. The van der Waals surface area contributed by atoms with Gasteiger partial charge in [0, 0.05) is 12.8 Å². The second kappa shape index (κ2) is 7.08. The van der Waals surface area contributed by atoms with E-state index >= 15 is 0 Å². The Bertz CT molecular complexity index is 147. The quantitative estimate of drug-likeness (QED) is 0.420. The average molecular weight is 168 g/mol. The number of hydrogen-bond donors (Lipinski definition) is 0. The van der Waals surface area contributed by atoms with E-state index in [0.29, 0.717) is 12.2 Å².